The Morgan fingerprint density at radius 2 is 2.05 bits per heavy atom. The van der Waals surface area contributed by atoms with E-state index in [1.807, 2.05) is 44.2 Å². The molecule has 2 rings (SSSR count). The van der Waals surface area contributed by atoms with Crippen LogP contribution in [0.15, 0.2) is 42.7 Å². The van der Waals surface area contributed by atoms with Gasteiger partial charge >= 0.3 is 6.03 Å². The predicted molar refractivity (Wildman–Crippen MR) is 85.7 cm³/mol. The Hall–Kier alpha value is -2.34. The molecular weight excluding hydrogens is 280 g/mol. The van der Waals surface area contributed by atoms with Crippen molar-refractivity contribution in [2.75, 3.05) is 19.0 Å². The van der Waals surface area contributed by atoms with Gasteiger partial charge in [-0.05, 0) is 19.4 Å². The monoisotopic (exact) mass is 302 g/mol. The van der Waals surface area contributed by atoms with Gasteiger partial charge in [-0.3, -0.25) is 4.68 Å². The molecule has 0 aliphatic carbocycles. The summed E-state index contributed by atoms with van der Waals surface area (Å²) in [4.78, 5) is 12.1. The van der Waals surface area contributed by atoms with Gasteiger partial charge in [0.25, 0.3) is 0 Å². The van der Waals surface area contributed by atoms with E-state index in [1.165, 1.54) is 0 Å². The fourth-order valence-electron chi connectivity index (χ4n) is 2.11. The molecule has 118 valence electrons. The van der Waals surface area contributed by atoms with Crippen LogP contribution in [-0.2, 0) is 16.8 Å². The number of carbonyl (C=O) groups excluding carboxylic acids is 1. The number of benzene rings is 1. The van der Waals surface area contributed by atoms with Crippen molar-refractivity contribution in [3.8, 4) is 0 Å². The molecule has 6 heteroatoms. The molecule has 0 aliphatic rings. The predicted octanol–water partition coefficient (Wildman–Crippen LogP) is 2.59. The van der Waals surface area contributed by atoms with Crippen LogP contribution in [-0.4, -0.2) is 29.5 Å². The van der Waals surface area contributed by atoms with Crippen molar-refractivity contribution in [3.63, 3.8) is 0 Å². The quantitative estimate of drug-likeness (QED) is 0.862. The van der Waals surface area contributed by atoms with E-state index in [2.05, 4.69) is 15.7 Å². The number of hydrogen-bond donors (Lipinski definition) is 2. The Bertz CT molecular complexity index is 608. The summed E-state index contributed by atoms with van der Waals surface area (Å²) in [6.07, 6.45) is 3.39. The van der Waals surface area contributed by atoms with E-state index in [9.17, 15) is 4.79 Å². The lowest BCUT2D eigenvalue weighted by Gasteiger charge is -2.26. The zero-order chi connectivity index (χ0) is 16.0. The average molecular weight is 302 g/mol. The van der Waals surface area contributed by atoms with Gasteiger partial charge in [-0.25, -0.2) is 4.79 Å². The van der Waals surface area contributed by atoms with Crippen molar-refractivity contribution >= 4 is 11.7 Å². The van der Waals surface area contributed by atoms with Crippen LogP contribution in [0.4, 0.5) is 10.5 Å². The minimum Gasteiger partial charge on any atom is -0.383 e. The average Bonchev–Trinajstić information content (AvgIpc) is 2.92. The first-order valence-corrected chi connectivity index (χ1v) is 7.17. The lowest BCUT2D eigenvalue weighted by atomic mass is 9.95. The second-order valence-corrected chi connectivity index (χ2v) is 5.56. The molecule has 0 atom stereocenters. The van der Waals surface area contributed by atoms with Crippen molar-refractivity contribution in [3.05, 3.63) is 48.3 Å². The number of anilines is 1. The summed E-state index contributed by atoms with van der Waals surface area (Å²) < 4.78 is 6.71. The third-order valence-corrected chi connectivity index (χ3v) is 3.34. The number of methoxy groups -OCH3 is 1. The molecular formula is C16H22N4O2. The topological polar surface area (TPSA) is 68.2 Å². The summed E-state index contributed by atoms with van der Waals surface area (Å²) in [7, 11) is 1.64. The number of nitrogens with zero attached hydrogens (tertiary/aromatic N) is 2. The summed E-state index contributed by atoms with van der Waals surface area (Å²) in [5, 5.41) is 9.91. The molecule has 6 nitrogen and oxygen atoms in total. The van der Waals surface area contributed by atoms with Crippen LogP contribution >= 0.6 is 0 Å². The van der Waals surface area contributed by atoms with Crippen LogP contribution in [0.5, 0.6) is 0 Å². The zero-order valence-electron chi connectivity index (χ0n) is 13.2. The Morgan fingerprint density at radius 3 is 2.73 bits per heavy atom. The lowest BCUT2D eigenvalue weighted by Crippen LogP contribution is -2.43. The van der Waals surface area contributed by atoms with E-state index in [1.54, 1.807) is 24.2 Å². The Kier molecular flexibility index (Phi) is 5.16. The molecule has 0 bridgehead atoms. The zero-order valence-corrected chi connectivity index (χ0v) is 13.2. The maximum absolute atomic E-state index is 12.1. The van der Waals surface area contributed by atoms with Gasteiger partial charge in [0.15, 0.2) is 0 Å². The largest absolute Gasteiger partial charge is 0.383 e. The molecule has 0 fully saturated rings. The van der Waals surface area contributed by atoms with E-state index >= 15 is 0 Å². The second-order valence-electron chi connectivity index (χ2n) is 5.56. The van der Waals surface area contributed by atoms with Crippen LogP contribution < -0.4 is 10.6 Å². The third kappa shape index (κ3) is 4.33. The third-order valence-electron chi connectivity index (χ3n) is 3.34. The highest BCUT2D eigenvalue weighted by atomic mass is 16.5. The molecule has 2 aromatic rings. The number of rotatable bonds is 6. The molecule has 2 amide bonds. The van der Waals surface area contributed by atoms with E-state index in [-0.39, 0.29) is 6.03 Å². The van der Waals surface area contributed by atoms with Crippen molar-refractivity contribution in [1.29, 1.82) is 0 Å². The fourth-order valence-corrected chi connectivity index (χ4v) is 2.11. The summed E-state index contributed by atoms with van der Waals surface area (Å²) >= 11 is 0. The van der Waals surface area contributed by atoms with Crippen LogP contribution in [0.1, 0.15) is 19.4 Å². The minimum absolute atomic E-state index is 0.264. The Labute approximate surface area is 130 Å². The normalized spacial score (nSPS) is 11.2. The smallest absolute Gasteiger partial charge is 0.320 e. The number of hydrogen-bond acceptors (Lipinski definition) is 3. The molecule has 0 radical (unpaired) electrons. The van der Waals surface area contributed by atoms with Gasteiger partial charge in [-0.15, -0.1) is 0 Å². The van der Waals surface area contributed by atoms with E-state index in [0.29, 0.717) is 18.8 Å². The SMILES string of the molecule is COCCn1cc(NC(=O)NC(C)(C)c2ccccc2)cn1. The van der Waals surface area contributed by atoms with Gasteiger partial charge in [0.2, 0.25) is 0 Å². The van der Waals surface area contributed by atoms with E-state index in [0.717, 1.165) is 5.56 Å². The van der Waals surface area contributed by atoms with Gasteiger partial charge in [0, 0.05) is 13.3 Å². The van der Waals surface area contributed by atoms with Crippen molar-refractivity contribution < 1.29 is 9.53 Å². The van der Waals surface area contributed by atoms with Crippen LogP contribution in [0, 0.1) is 0 Å². The first-order valence-electron chi connectivity index (χ1n) is 7.17. The second kappa shape index (κ2) is 7.09. The number of aromatic nitrogens is 2. The van der Waals surface area contributed by atoms with Gasteiger partial charge < -0.3 is 15.4 Å². The molecule has 0 aliphatic heterocycles. The van der Waals surface area contributed by atoms with Gasteiger partial charge in [0.1, 0.15) is 0 Å². The fraction of sp³-hybridized carbons (Fsp3) is 0.375. The molecule has 2 N–H and O–H groups in total. The summed E-state index contributed by atoms with van der Waals surface area (Å²) in [5.41, 5.74) is 1.23. The minimum atomic E-state index is -0.461. The van der Waals surface area contributed by atoms with Crippen molar-refractivity contribution in [2.24, 2.45) is 0 Å². The van der Waals surface area contributed by atoms with E-state index < -0.39 is 5.54 Å². The highest BCUT2D eigenvalue weighted by Crippen LogP contribution is 2.19. The number of amides is 2. The van der Waals surface area contributed by atoms with Gasteiger partial charge in [-0.2, -0.15) is 5.10 Å². The molecule has 0 unspecified atom stereocenters. The Balaban J connectivity index is 1.93. The van der Waals surface area contributed by atoms with Crippen molar-refractivity contribution in [2.45, 2.75) is 25.9 Å². The summed E-state index contributed by atoms with van der Waals surface area (Å²) in [5.74, 6) is 0. The molecule has 1 heterocycles. The number of nitrogens with one attached hydrogen (secondary N) is 2. The molecule has 0 saturated carbocycles. The highest BCUT2D eigenvalue weighted by Gasteiger charge is 2.22. The summed E-state index contributed by atoms with van der Waals surface area (Å²) in [6, 6.07) is 9.58. The first kappa shape index (κ1) is 16.0. The van der Waals surface area contributed by atoms with Crippen LogP contribution in [0.25, 0.3) is 0 Å². The van der Waals surface area contributed by atoms with Gasteiger partial charge in [0.05, 0.1) is 30.6 Å². The number of carbonyl (C=O) groups is 1. The lowest BCUT2D eigenvalue weighted by molar-refractivity contribution is 0.183. The maximum Gasteiger partial charge on any atom is 0.320 e. The molecule has 1 aromatic carbocycles. The summed E-state index contributed by atoms with van der Waals surface area (Å²) in [6.45, 7) is 5.15. The molecule has 0 saturated heterocycles. The maximum atomic E-state index is 12.1. The van der Waals surface area contributed by atoms with Gasteiger partial charge in [-0.1, -0.05) is 30.3 Å². The first-order chi connectivity index (χ1) is 10.5. The standard InChI is InChI=1S/C16H22N4O2/c1-16(2,13-7-5-4-6-8-13)19-15(21)18-14-11-17-20(12-14)9-10-22-3/h4-8,11-12H,9-10H2,1-3H3,(H2,18,19,21). The van der Waals surface area contributed by atoms with Crippen LogP contribution in [0.2, 0.25) is 0 Å². The molecule has 0 spiro atoms. The van der Waals surface area contributed by atoms with Crippen LogP contribution in [0.3, 0.4) is 0 Å². The highest BCUT2D eigenvalue weighted by molar-refractivity contribution is 5.89. The van der Waals surface area contributed by atoms with Crippen molar-refractivity contribution in [1.82, 2.24) is 15.1 Å². The molecule has 22 heavy (non-hydrogen) atoms. The number of ether oxygens (including phenoxy) is 1. The van der Waals surface area contributed by atoms with E-state index in [4.69, 9.17) is 4.74 Å². The Morgan fingerprint density at radius 1 is 1.32 bits per heavy atom. The number of urea groups is 1. The molecule has 1 aromatic heterocycles.